The lowest BCUT2D eigenvalue weighted by molar-refractivity contribution is 0.504. The first-order chi connectivity index (χ1) is 19.3. The molecule has 1 aromatic heterocycles. The largest absolute Gasteiger partial charge is 0.243 e. The maximum Gasteiger partial charge on any atom is 0.0976 e. The van der Waals surface area contributed by atoms with Crippen molar-refractivity contribution in [2.75, 3.05) is 0 Å². The Hall–Kier alpha value is -4.04. The summed E-state index contributed by atoms with van der Waals surface area (Å²) in [5, 5.41) is 0. The average molecular weight is 541 g/mol. The molecule has 0 saturated carbocycles. The summed E-state index contributed by atoms with van der Waals surface area (Å²) in [5.74, 6) is 0. The monoisotopic (exact) mass is 540 g/mol. The van der Waals surface area contributed by atoms with E-state index in [0.717, 1.165) is 50.2 Å². The fraction of sp³-hybridized carbons (Fsp3) is 0.282. The van der Waals surface area contributed by atoms with Crippen molar-refractivity contribution in [3.63, 3.8) is 0 Å². The van der Waals surface area contributed by atoms with E-state index in [9.17, 15) is 0 Å². The second-order valence-corrected chi connectivity index (χ2v) is 13.0. The molecule has 2 heteroatoms. The van der Waals surface area contributed by atoms with Crippen LogP contribution < -0.4 is 0 Å². The third-order valence-corrected chi connectivity index (χ3v) is 7.48. The Morgan fingerprint density at radius 3 is 1.41 bits per heavy atom. The highest BCUT2D eigenvalue weighted by molar-refractivity contribution is 5.98. The second-order valence-electron chi connectivity index (χ2n) is 13.0. The molecule has 0 fully saturated rings. The van der Waals surface area contributed by atoms with Crippen LogP contribution >= 0.6 is 0 Å². The van der Waals surface area contributed by atoms with Crippen LogP contribution in [-0.2, 0) is 0 Å². The Labute approximate surface area is 247 Å². The Bertz CT molecular complexity index is 1640. The molecule has 0 aliphatic rings. The number of rotatable bonds is 6. The highest BCUT2D eigenvalue weighted by atomic mass is 14.8. The number of hydrogen-bond donors (Lipinski definition) is 0. The summed E-state index contributed by atoms with van der Waals surface area (Å²) in [6, 6.07) is 25.2. The minimum Gasteiger partial charge on any atom is -0.243 e. The molecule has 0 atom stereocenters. The summed E-state index contributed by atoms with van der Waals surface area (Å²) in [5.41, 5.74) is 11.8. The molecule has 0 spiro atoms. The predicted molar refractivity (Wildman–Crippen MR) is 180 cm³/mol. The molecule has 0 bridgehead atoms. The van der Waals surface area contributed by atoms with Gasteiger partial charge in [0.25, 0.3) is 0 Å². The van der Waals surface area contributed by atoms with Crippen LogP contribution in [0.2, 0.25) is 0 Å². The summed E-state index contributed by atoms with van der Waals surface area (Å²) in [4.78, 5) is 10.8. The van der Waals surface area contributed by atoms with Crippen LogP contribution in [0.3, 0.4) is 0 Å². The van der Waals surface area contributed by atoms with Crippen molar-refractivity contribution >= 4 is 22.2 Å². The van der Waals surface area contributed by atoms with Crippen molar-refractivity contribution in [3.8, 4) is 22.5 Å². The van der Waals surface area contributed by atoms with Crippen LogP contribution in [0, 0.1) is 10.8 Å². The van der Waals surface area contributed by atoms with Crippen LogP contribution in [0.1, 0.15) is 73.4 Å². The molecule has 0 saturated heterocycles. The van der Waals surface area contributed by atoms with Gasteiger partial charge in [-0.3, -0.25) is 0 Å². The summed E-state index contributed by atoms with van der Waals surface area (Å²) in [6.45, 7) is 19.9. The molecule has 0 aliphatic carbocycles. The molecule has 0 N–H and O–H groups in total. The zero-order valence-corrected chi connectivity index (χ0v) is 26.2. The number of fused-ring (bicyclic) bond motifs is 1. The van der Waals surface area contributed by atoms with Gasteiger partial charge in [0.2, 0.25) is 0 Å². The molecule has 210 valence electrons. The van der Waals surface area contributed by atoms with E-state index in [4.69, 9.17) is 9.97 Å². The van der Waals surface area contributed by atoms with Gasteiger partial charge in [-0.05, 0) is 42.7 Å². The first kappa shape index (κ1) is 29.9. The van der Waals surface area contributed by atoms with E-state index in [1.165, 1.54) is 11.1 Å². The fourth-order valence-corrected chi connectivity index (χ4v) is 4.53. The number of benzene rings is 3. The lowest BCUT2D eigenvalue weighted by atomic mass is 9.87. The molecule has 3 aromatic carbocycles. The molecule has 4 aromatic rings. The molecule has 4 rings (SSSR count). The zero-order valence-electron chi connectivity index (χ0n) is 26.2. The third kappa shape index (κ3) is 7.38. The van der Waals surface area contributed by atoms with Crippen molar-refractivity contribution in [2.45, 2.75) is 62.3 Å². The standard InChI is InChI=1S/C39H44N2/c1-27(17-16-26-38(4,5)6)32-24-25-33(28(2)22-23-29(3)39(7,8)9)37-36(32)40-34(30-18-12-10-13-19-30)35(41-37)31-20-14-11-15-21-31/h10-26H,1-9H3/b26-16+,27-17+,28-22+,29-23+. The maximum atomic E-state index is 5.41. The molecular formula is C39H44N2. The van der Waals surface area contributed by atoms with Crippen LogP contribution in [0.15, 0.2) is 109 Å². The van der Waals surface area contributed by atoms with E-state index in [1.807, 2.05) is 12.1 Å². The molecule has 0 aliphatic heterocycles. The fourth-order valence-electron chi connectivity index (χ4n) is 4.53. The van der Waals surface area contributed by atoms with Gasteiger partial charge in [-0.15, -0.1) is 0 Å². The first-order valence-electron chi connectivity index (χ1n) is 14.5. The Kier molecular flexibility index (Phi) is 8.92. The highest BCUT2D eigenvalue weighted by Gasteiger charge is 2.19. The molecule has 0 amide bonds. The van der Waals surface area contributed by atoms with Crippen LogP contribution in [0.25, 0.3) is 44.7 Å². The van der Waals surface area contributed by atoms with Gasteiger partial charge in [-0.2, -0.15) is 0 Å². The van der Waals surface area contributed by atoms with Gasteiger partial charge >= 0.3 is 0 Å². The minimum absolute atomic E-state index is 0.119. The zero-order chi connectivity index (χ0) is 29.8. The average Bonchev–Trinajstić information content (AvgIpc) is 2.94. The van der Waals surface area contributed by atoms with Gasteiger partial charge in [0.15, 0.2) is 0 Å². The number of allylic oxidation sites excluding steroid dienone is 8. The molecular weight excluding hydrogens is 496 g/mol. The van der Waals surface area contributed by atoms with Crippen molar-refractivity contribution in [1.82, 2.24) is 9.97 Å². The van der Waals surface area contributed by atoms with Gasteiger partial charge in [-0.25, -0.2) is 9.97 Å². The molecule has 1 heterocycles. The van der Waals surface area contributed by atoms with Crippen molar-refractivity contribution in [2.24, 2.45) is 10.8 Å². The number of nitrogens with zero attached hydrogens (tertiary/aromatic N) is 2. The Morgan fingerprint density at radius 1 is 0.561 bits per heavy atom. The lowest BCUT2D eigenvalue weighted by Crippen LogP contribution is -2.05. The second kappa shape index (κ2) is 12.2. The molecule has 41 heavy (non-hydrogen) atoms. The maximum absolute atomic E-state index is 5.41. The Balaban J connectivity index is 2.04. The van der Waals surface area contributed by atoms with Gasteiger partial charge in [0, 0.05) is 22.3 Å². The van der Waals surface area contributed by atoms with E-state index in [2.05, 4.69) is 153 Å². The van der Waals surface area contributed by atoms with E-state index >= 15 is 0 Å². The van der Waals surface area contributed by atoms with Crippen LogP contribution in [-0.4, -0.2) is 9.97 Å². The predicted octanol–water partition coefficient (Wildman–Crippen LogP) is 11.4. The van der Waals surface area contributed by atoms with Crippen molar-refractivity contribution in [1.29, 1.82) is 0 Å². The van der Waals surface area contributed by atoms with Gasteiger partial charge in [-0.1, -0.05) is 150 Å². The van der Waals surface area contributed by atoms with Gasteiger partial charge in [0.1, 0.15) is 0 Å². The normalized spacial score (nSPS) is 13.8. The quantitative estimate of drug-likeness (QED) is 0.227. The summed E-state index contributed by atoms with van der Waals surface area (Å²) in [7, 11) is 0. The van der Waals surface area contributed by atoms with E-state index in [1.54, 1.807) is 0 Å². The summed E-state index contributed by atoms with van der Waals surface area (Å²) >= 11 is 0. The minimum atomic E-state index is 0.119. The van der Waals surface area contributed by atoms with Gasteiger partial charge in [0.05, 0.1) is 22.4 Å². The molecule has 0 radical (unpaired) electrons. The Morgan fingerprint density at radius 2 is 1.00 bits per heavy atom. The smallest absolute Gasteiger partial charge is 0.0976 e. The number of aromatic nitrogens is 2. The summed E-state index contributed by atoms with van der Waals surface area (Å²) < 4.78 is 0. The first-order valence-corrected chi connectivity index (χ1v) is 14.5. The lowest BCUT2D eigenvalue weighted by Gasteiger charge is -2.19. The summed E-state index contributed by atoms with van der Waals surface area (Å²) in [6.07, 6.45) is 11.0. The third-order valence-electron chi connectivity index (χ3n) is 7.48. The van der Waals surface area contributed by atoms with Crippen molar-refractivity contribution < 1.29 is 0 Å². The van der Waals surface area contributed by atoms with Gasteiger partial charge < -0.3 is 0 Å². The molecule has 2 nitrogen and oxygen atoms in total. The van der Waals surface area contributed by atoms with E-state index in [-0.39, 0.29) is 10.8 Å². The van der Waals surface area contributed by atoms with Crippen LogP contribution in [0.4, 0.5) is 0 Å². The van der Waals surface area contributed by atoms with Crippen molar-refractivity contribution in [3.05, 3.63) is 120 Å². The van der Waals surface area contributed by atoms with Crippen LogP contribution in [0.5, 0.6) is 0 Å². The highest BCUT2D eigenvalue weighted by Crippen LogP contribution is 2.36. The SMILES string of the molecule is C/C(=C\C=C\C(C)(C)C)c1ccc(/C(C)=C/C=C(\C)C(C)(C)C)c2nc(-c3ccccc3)c(-c3ccccc3)nc12. The van der Waals surface area contributed by atoms with E-state index in [0.29, 0.717) is 0 Å². The van der Waals surface area contributed by atoms with E-state index < -0.39 is 0 Å². The number of hydrogen-bond acceptors (Lipinski definition) is 2. The molecule has 0 unspecified atom stereocenters. The topological polar surface area (TPSA) is 25.8 Å².